The second kappa shape index (κ2) is 6.63. The molecule has 0 aromatic carbocycles. The minimum atomic E-state index is 0.237. The SMILES string of the molecule is CC(C)OCCNc1nnc(CCCl)o1. The number of alkyl halides is 1. The maximum atomic E-state index is 5.54. The van der Waals surface area contributed by atoms with Crippen molar-refractivity contribution in [2.45, 2.75) is 26.4 Å². The van der Waals surface area contributed by atoms with Crippen molar-refractivity contribution in [3.63, 3.8) is 0 Å². The van der Waals surface area contributed by atoms with Crippen LogP contribution in [0.2, 0.25) is 0 Å². The summed E-state index contributed by atoms with van der Waals surface area (Å²) in [5.41, 5.74) is 0. The van der Waals surface area contributed by atoms with Crippen LogP contribution in [0.15, 0.2) is 4.42 Å². The van der Waals surface area contributed by atoms with Gasteiger partial charge in [-0.1, -0.05) is 5.10 Å². The highest BCUT2D eigenvalue weighted by Crippen LogP contribution is 2.05. The lowest BCUT2D eigenvalue weighted by Crippen LogP contribution is -2.13. The molecule has 0 spiro atoms. The van der Waals surface area contributed by atoms with E-state index in [1.807, 2.05) is 13.8 Å². The van der Waals surface area contributed by atoms with E-state index in [9.17, 15) is 0 Å². The van der Waals surface area contributed by atoms with Gasteiger partial charge in [0.1, 0.15) is 0 Å². The monoisotopic (exact) mass is 233 g/mol. The van der Waals surface area contributed by atoms with Crippen LogP contribution in [0.1, 0.15) is 19.7 Å². The quantitative estimate of drug-likeness (QED) is 0.574. The van der Waals surface area contributed by atoms with Crippen LogP contribution in [-0.2, 0) is 11.2 Å². The normalized spacial score (nSPS) is 10.9. The zero-order valence-electron chi connectivity index (χ0n) is 8.99. The molecule has 0 saturated carbocycles. The Morgan fingerprint density at radius 3 is 2.93 bits per heavy atom. The summed E-state index contributed by atoms with van der Waals surface area (Å²) in [7, 11) is 0. The van der Waals surface area contributed by atoms with Gasteiger partial charge in [-0.3, -0.25) is 0 Å². The van der Waals surface area contributed by atoms with E-state index in [1.54, 1.807) is 0 Å². The van der Waals surface area contributed by atoms with Gasteiger partial charge in [0, 0.05) is 18.8 Å². The van der Waals surface area contributed by atoms with E-state index in [4.69, 9.17) is 20.8 Å². The predicted octanol–water partition coefficient (Wildman–Crippen LogP) is 1.69. The van der Waals surface area contributed by atoms with E-state index in [0.29, 0.717) is 37.4 Å². The van der Waals surface area contributed by atoms with Crippen LogP contribution in [0.25, 0.3) is 0 Å². The Kier molecular flexibility index (Phi) is 5.42. The first kappa shape index (κ1) is 12.3. The van der Waals surface area contributed by atoms with Gasteiger partial charge >= 0.3 is 6.01 Å². The summed E-state index contributed by atoms with van der Waals surface area (Å²) < 4.78 is 10.6. The largest absolute Gasteiger partial charge is 0.408 e. The molecule has 0 unspecified atom stereocenters. The van der Waals surface area contributed by atoms with E-state index >= 15 is 0 Å². The van der Waals surface area contributed by atoms with Gasteiger partial charge in [0.15, 0.2) is 0 Å². The molecule has 1 N–H and O–H groups in total. The molecule has 0 radical (unpaired) electrons. The van der Waals surface area contributed by atoms with Crippen LogP contribution in [0, 0.1) is 0 Å². The van der Waals surface area contributed by atoms with Crippen LogP contribution in [-0.4, -0.2) is 35.3 Å². The van der Waals surface area contributed by atoms with E-state index in [1.165, 1.54) is 0 Å². The number of anilines is 1. The molecule has 0 saturated heterocycles. The number of nitrogens with zero attached hydrogens (tertiary/aromatic N) is 2. The molecule has 0 atom stereocenters. The number of rotatable bonds is 7. The average Bonchev–Trinajstić information content (AvgIpc) is 2.61. The highest BCUT2D eigenvalue weighted by molar-refractivity contribution is 6.17. The predicted molar refractivity (Wildman–Crippen MR) is 58.3 cm³/mol. The topological polar surface area (TPSA) is 60.2 Å². The van der Waals surface area contributed by atoms with Crippen LogP contribution in [0.4, 0.5) is 6.01 Å². The molecule has 1 heterocycles. The van der Waals surface area contributed by atoms with E-state index in [-0.39, 0.29) is 6.10 Å². The number of halogens is 1. The number of hydrogen-bond acceptors (Lipinski definition) is 5. The molecule has 15 heavy (non-hydrogen) atoms. The van der Waals surface area contributed by atoms with Crippen molar-refractivity contribution in [3.8, 4) is 0 Å². The standard InChI is InChI=1S/C9H16ClN3O2/c1-7(2)14-6-5-11-9-13-12-8(15-9)3-4-10/h7H,3-6H2,1-2H3,(H,11,13). The van der Waals surface area contributed by atoms with Crippen LogP contribution < -0.4 is 5.32 Å². The molecule has 0 aliphatic heterocycles. The number of aromatic nitrogens is 2. The summed E-state index contributed by atoms with van der Waals surface area (Å²) in [5, 5.41) is 10.6. The summed E-state index contributed by atoms with van der Waals surface area (Å²) >= 11 is 5.54. The average molecular weight is 234 g/mol. The molecule has 1 rings (SSSR count). The molecule has 0 amide bonds. The number of nitrogens with one attached hydrogen (secondary N) is 1. The van der Waals surface area contributed by atoms with E-state index < -0.39 is 0 Å². The second-order valence-corrected chi connectivity index (χ2v) is 3.66. The maximum Gasteiger partial charge on any atom is 0.315 e. The number of hydrogen-bond donors (Lipinski definition) is 1. The summed E-state index contributed by atoms with van der Waals surface area (Å²) in [6.07, 6.45) is 0.833. The first-order valence-electron chi connectivity index (χ1n) is 4.96. The van der Waals surface area contributed by atoms with Crippen molar-refractivity contribution in [3.05, 3.63) is 5.89 Å². The molecule has 1 aromatic heterocycles. The fourth-order valence-corrected chi connectivity index (χ4v) is 1.12. The van der Waals surface area contributed by atoms with Gasteiger partial charge in [-0.05, 0) is 13.8 Å². The molecule has 0 aliphatic carbocycles. The Labute approximate surface area is 94.2 Å². The minimum absolute atomic E-state index is 0.237. The van der Waals surface area contributed by atoms with Gasteiger partial charge in [0.25, 0.3) is 0 Å². The summed E-state index contributed by atoms with van der Waals surface area (Å²) in [6, 6.07) is 0.419. The van der Waals surface area contributed by atoms with Crippen molar-refractivity contribution in [2.24, 2.45) is 0 Å². The third-order valence-corrected chi connectivity index (χ3v) is 1.79. The molecular weight excluding hydrogens is 218 g/mol. The number of aryl methyl sites for hydroxylation is 1. The molecule has 0 fully saturated rings. The van der Waals surface area contributed by atoms with Crippen molar-refractivity contribution in [1.82, 2.24) is 10.2 Å². The van der Waals surface area contributed by atoms with Gasteiger partial charge in [0.2, 0.25) is 5.89 Å². The fourth-order valence-electron chi connectivity index (χ4n) is 0.959. The Balaban J connectivity index is 2.19. The third kappa shape index (κ3) is 4.99. The van der Waals surface area contributed by atoms with Gasteiger partial charge in [-0.25, -0.2) is 0 Å². The Bertz CT molecular complexity index is 278. The van der Waals surface area contributed by atoms with Crippen molar-refractivity contribution >= 4 is 17.6 Å². The highest BCUT2D eigenvalue weighted by atomic mass is 35.5. The van der Waals surface area contributed by atoms with Crippen molar-refractivity contribution < 1.29 is 9.15 Å². The first-order chi connectivity index (χ1) is 7.22. The van der Waals surface area contributed by atoms with Gasteiger partial charge < -0.3 is 14.5 Å². The smallest absolute Gasteiger partial charge is 0.315 e. The molecule has 5 nitrogen and oxygen atoms in total. The third-order valence-electron chi connectivity index (χ3n) is 1.60. The zero-order chi connectivity index (χ0) is 11.1. The lowest BCUT2D eigenvalue weighted by atomic mass is 10.5. The maximum absolute atomic E-state index is 5.54. The van der Waals surface area contributed by atoms with E-state index in [2.05, 4.69) is 15.5 Å². The van der Waals surface area contributed by atoms with E-state index in [0.717, 1.165) is 0 Å². The molecule has 0 bridgehead atoms. The molecule has 0 aliphatic rings. The molecular formula is C9H16ClN3O2. The summed E-state index contributed by atoms with van der Waals surface area (Å²) in [4.78, 5) is 0. The molecule has 1 aromatic rings. The summed E-state index contributed by atoms with van der Waals surface area (Å²) in [6.45, 7) is 5.25. The van der Waals surface area contributed by atoms with Gasteiger partial charge in [-0.15, -0.1) is 16.7 Å². The van der Waals surface area contributed by atoms with Crippen LogP contribution in [0.5, 0.6) is 0 Å². The zero-order valence-corrected chi connectivity index (χ0v) is 9.75. The van der Waals surface area contributed by atoms with Gasteiger partial charge in [0.05, 0.1) is 12.7 Å². The van der Waals surface area contributed by atoms with Crippen molar-refractivity contribution in [1.29, 1.82) is 0 Å². The Hall–Kier alpha value is -0.810. The first-order valence-corrected chi connectivity index (χ1v) is 5.49. The van der Waals surface area contributed by atoms with Crippen molar-refractivity contribution in [2.75, 3.05) is 24.3 Å². The minimum Gasteiger partial charge on any atom is -0.408 e. The highest BCUT2D eigenvalue weighted by Gasteiger charge is 2.04. The fraction of sp³-hybridized carbons (Fsp3) is 0.778. The second-order valence-electron chi connectivity index (χ2n) is 3.29. The molecule has 6 heteroatoms. The summed E-state index contributed by atoms with van der Waals surface area (Å²) in [5.74, 6) is 1.04. The van der Waals surface area contributed by atoms with Crippen LogP contribution in [0.3, 0.4) is 0 Å². The Morgan fingerprint density at radius 1 is 1.47 bits per heavy atom. The number of ether oxygens (including phenoxy) is 1. The Morgan fingerprint density at radius 2 is 2.27 bits per heavy atom. The van der Waals surface area contributed by atoms with Crippen LogP contribution >= 0.6 is 11.6 Å². The van der Waals surface area contributed by atoms with Gasteiger partial charge in [-0.2, -0.15) is 0 Å². The lowest BCUT2D eigenvalue weighted by molar-refractivity contribution is 0.0868. The molecule has 86 valence electrons. The lowest BCUT2D eigenvalue weighted by Gasteiger charge is -2.06.